The second-order valence-electron chi connectivity index (χ2n) is 10.1. The monoisotopic (exact) mass is 324 g/mol. The second kappa shape index (κ2) is 5.65. The number of carbonyl (C=O) groups excluding carboxylic acids is 1. The van der Waals surface area contributed by atoms with Crippen LogP contribution in [0.25, 0.3) is 0 Å². The molecule has 0 aromatic carbocycles. The molecule has 2 N–H and O–H groups in total. The molecule has 2 saturated carbocycles. The molecule has 0 aromatic heterocycles. The van der Waals surface area contributed by atoms with E-state index in [9.17, 15) is 4.79 Å². The molecule has 2 rings (SSSR count). The summed E-state index contributed by atoms with van der Waals surface area (Å²) >= 11 is 0. The lowest BCUT2D eigenvalue weighted by atomic mass is 9.69. The lowest BCUT2D eigenvalue weighted by Gasteiger charge is -2.41. The van der Waals surface area contributed by atoms with Crippen LogP contribution in [-0.2, 0) is 4.74 Å². The molecule has 2 aliphatic rings. The number of fused-ring (bicyclic) bond motifs is 2. The van der Waals surface area contributed by atoms with Gasteiger partial charge in [-0.15, -0.1) is 0 Å². The number of rotatable bonds is 4. The molecule has 0 heterocycles. The van der Waals surface area contributed by atoms with Crippen molar-refractivity contribution in [3.8, 4) is 0 Å². The summed E-state index contributed by atoms with van der Waals surface area (Å²) in [6, 6.07) is 0.538. The number of nitrogens with one attached hydrogen (secondary N) is 2. The minimum Gasteiger partial charge on any atom is -0.444 e. The van der Waals surface area contributed by atoms with Gasteiger partial charge in [0.25, 0.3) is 0 Å². The highest BCUT2D eigenvalue weighted by molar-refractivity contribution is 5.68. The molecule has 0 aliphatic heterocycles. The predicted molar refractivity (Wildman–Crippen MR) is 94.5 cm³/mol. The topological polar surface area (TPSA) is 50.4 Å². The summed E-state index contributed by atoms with van der Waals surface area (Å²) in [4.78, 5) is 12.0. The van der Waals surface area contributed by atoms with Crippen LogP contribution in [0.2, 0.25) is 0 Å². The van der Waals surface area contributed by atoms with Crippen molar-refractivity contribution in [2.45, 2.75) is 91.8 Å². The summed E-state index contributed by atoms with van der Waals surface area (Å²) in [5, 5.41) is 6.74. The Bertz CT molecular complexity index is 464. The van der Waals surface area contributed by atoms with Gasteiger partial charge in [-0.05, 0) is 70.6 Å². The molecule has 3 atom stereocenters. The molecule has 0 saturated heterocycles. The maximum absolute atomic E-state index is 12.0. The van der Waals surface area contributed by atoms with Crippen LogP contribution >= 0.6 is 0 Å². The van der Waals surface area contributed by atoms with E-state index in [1.807, 2.05) is 34.6 Å². The molecular formula is C19H36N2O2. The maximum Gasteiger partial charge on any atom is 0.408 e. The molecular weight excluding hydrogens is 288 g/mol. The molecule has 2 aliphatic carbocycles. The van der Waals surface area contributed by atoms with Crippen molar-refractivity contribution >= 4 is 6.09 Å². The van der Waals surface area contributed by atoms with E-state index in [0.717, 1.165) is 12.5 Å². The summed E-state index contributed by atoms with van der Waals surface area (Å²) in [7, 11) is 0. The van der Waals surface area contributed by atoms with Crippen LogP contribution in [0, 0.1) is 16.7 Å². The standard InChI is InChI=1S/C19H36N2O2/c1-16(2,3)23-15(22)21-17(4,5)12-20-14-11-13-9-10-19(14,8)18(13,6)7/h13-14,20H,9-12H2,1-8H3,(H,21,22). The van der Waals surface area contributed by atoms with Gasteiger partial charge in [0.1, 0.15) is 5.60 Å². The summed E-state index contributed by atoms with van der Waals surface area (Å²) in [6.07, 6.45) is 3.58. The van der Waals surface area contributed by atoms with Gasteiger partial charge in [0.05, 0.1) is 5.54 Å². The van der Waals surface area contributed by atoms with Gasteiger partial charge >= 0.3 is 6.09 Å². The first-order chi connectivity index (χ1) is 10.3. The highest BCUT2D eigenvalue weighted by Crippen LogP contribution is 2.65. The molecule has 2 bridgehead atoms. The number of carbonyl (C=O) groups is 1. The second-order valence-corrected chi connectivity index (χ2v) is 10.1. The molecule has 134 valence electrons. The first kappa shape index (κ1) is 18.6. The van der Waals surface area contributed by atoms with Crippen LogP contribution in [0.1, 0.15) is 74.7 Å². The van der Waals surface area contributed by atoms with Gasteiger partial charge in [-0.1, -0.05) is 20.8 Å². The number of amides is 1. The lowest BCUT2D eigenvalue weighted by Crippen LogP contribution is -2.55. The fourth-order valence-corrected chi connectivity index (χ4v) is 4.51. The Morgan fingerprint density at radius 2 is 1.78 bits per heavy atom. The SMILES string of the molecule is CC(C)(CNC1CC2CCC1(C)C2(C)C)NC(=O)OC(C)(C)C. The Morgan fingerprint density at radius 1 is 1.17 bits per heavy atom. The van der Waals surface area contributed by atoms with Crippen LogP contribution in [0.15, 0.2) is 0 Å². The Morgan fingerprint density at radius 3 is 2.22 bits per heavy atom. The predicted octanol–water partition coefficient (Wildman–Crippen LogP) is 4.09. The molecule has 3 unspecified atom stereocenters. The molecule has 0 spiro atoms. The molecule has 0 radical (unpaired) electrons. The van der Waals surface area contributed by atoms with Gasteiger partial charge in [-0.3, -0.25) is 0 Å². The minimum absolute atomic E-state index is 0.329. The van der Waals surface area contributed by atoms with Crippen LogP contribution in [0.4, 0.5) is 4.79 Å². The average Bonchev–Trinajstić information content (AvgIpc) is 2.65. The first-order valence-corrected chi connectivity index (χ1v) is 9.01. The fourth-order valence-electron chi connectivity index (χ4n) is 4.51. The third-order valence-corrected chi connectivity index (χ3v) is 6.42. The van der Waals surface area contributed by atoms with Crippen LogP contribution < -0.4 is 10.6 Å². The number of hydrogen-bond acceptors (Lipinski definition) is 3. The van der Waals surface area contributed by atoms with E-state index in [-0.39, 0.29) is 11.6 Å². The average molecular weight is 325 g/mol. The van der Waals surface area contributed by atoms with E-state index in [1.54, 1.807) is 0 Å². The van der Waals surface area contributed by atoms with Crippen molar-refractivity contribution in [3.05, 3.63) is 0 Å². The van der Waals surface area contributed by atoms with Crippen molar-refractivity contribution in [1.82, 2.24) is 10.6 Å². The molecule has 2 fully saturated rings. The molecule has 4 heteroatoms. The molecule has 1 amide bonds. The van der Waals surface area contributed by atoms with Crippen molar-refractivity contribution in [2.75, 3.05) is 6.54 Å². The molecule has 4 nitrogen and oxygen atoms in total. The zero-order chi connectivity index (χ0) is 17.7. The van der Waals surface area contributed by atoms with Crippen molar-refractivity contribution in [1.29, 1.82) is 0 Å². The van der Waals surface area contributed by atoms with Gasteiger partial charge in [-0.25, -0.2) is 4.79 Å². The zero-order valence-corrected chi connectivity index (χ0v) is 16.3. The Balaban J connectivity index is 1.89. The van der Waals surface area contributed by atoms with Gasteiger partial charge < -0.3 is 15.4 Å². The van der Waals surface area contributed by atoms with E-state index < -0.39 is 5.60 Å². The van der Waals surface area contributed by atoms with Crippen molar-refractivity contribution < 1.29 is 9.53 Å². The fraction of sp³-hybridized carbons (Fsp3) is 0.947. The number of alkyl carbamates (subject to hydrolysis) is 1. The first-order valence-electron chi connectivity index (χ1n) is 9.01. The normalized spacial score (nSPS) is 32.9. The largest absolute Gasteiger partial charge is 0.444 e. The number of ether oxygens (including phenoxy) is 1. The summed E-state index contributed by atoms with van der Waals surface area (Å²) in [5.74, 6) is 0.826. The van der Waals surface area contributed by atoms with Crippen molar-refractivity contribution in [2.24, 2.45) is 16.7 Å². The smallest absolute Gasteiger partial charge is 0.408 e. The van der Waals surface area contributed by atoms with Crippen LogP contribution in [-0.4, -0.2) is 29.8 Å². The summed E-state index contributed by atoms with van der Waals surface area (Å²) in [5.41, 5.74) is -0.0204. The molecule has 23 heavy (non-hydrogen) atoms. The minimum atomic E-state index is -0.463. The Labute approximate surface area is 142 Å². The van der Waals surface area contributed by atoms with E-state index >= 15 is 0 Å². The number of hydrogen-bond donors (Lipinski definition) is 2. The van der Waals surface area contributed by atoms with Gasteiger partial charge in [0.15, 0.2) is 0 Å². The molecule has 0 aromatic rings. The van der Waals surface area contributed by atoms with Crippen molar-refractivity contribution in [3.63, 3.8) is 0 Å². The van der Waals surface area contributed by atoms with Gasteiger partial charge in [0, 0.05) is 12.6 Å². The van der Waals surface area contributed by atoms with E-state index in [1.165, 1.54) is 19.3 Å². The third kappa shape index (κ3) is 3.67. The Hall–Kier alpha value is -0.770. The van der Waals surface area contributed by atoms with Gasteiger partial charge in [-0.2, -0.15) is 0 Å². The summed E-state index contributed by atoms with van der Waals surface area (Å²) < 4.78 is 5.37. The third-order valence-electron chi connectivity index (χ3n) is 6.42. The zero-order valence-electron chi connectivity index (χ0n) is 16.3. The van der Waals surface area contributed by atoms with E-state index in [0.29, 0.717) is 16.9 Å². The van der Waals surface area contributed by atoms with Crippen LogP contribution in [0.3, 0.4) is 0 Å². The van der Waals surface area contributed by atoms with Gasteiger partial charge in [0.2, 0.25) is 0 Å². The maximum atomic E-state index is 12.0. The quantitative estimate of drug-likeness (QED) is 0.819. The van der Waals surface area contributed by atoms with E-state index in [4.69, 9.17) is 4.74 Å². The lowest BCUT2D eigenvalue weighted by molar-refractivity contribution is 0.0464. The Kier molecular flexibility index (Phi) is 4.56. The van der Waals surface area contributed by atoms with E-state index in [2.05, 4.69) is 31.4 Å². The highest BCUT2D eigenvalue weighted by Gasteiger charge is 2.61. The highest BCUT2D eigenvalue weighted by atomic mass is 16.6. The summed E-state index contributed by atoms with van der Waals surface area (Å²) in [6.45, 7) is 17.8. The van der Waals surface area contributed by atoms with Crippen LogP contribution in [0.5, 0.6) is 0 Å².